The van der Waals surface area contributed by atoms with Crippen LogP contribution in [-0.2, 0) is 36.6 Å². The lowest BCUT2D eigenvalue weighted by Gasteiger charge is -2.42. The summed E-state index contributed by atoms with van der Waals surface area (Å²) in [6.07, 6.45) is 7.66. The predicted octanol–water partition coefficient (Wildman–Crippen LogP) is 6.65. The minimum Gasteiger partial charge on any atom is -0.411 e. The second-order valence-corrected chi connectivity index (χ2v) is 15.8. The third-order valence-corrected chi connectivity index (χ3v) is 11.6. The molecule has 0 unspecified atom stereocenters. The van der Waals surface area contributed by atoms with Gasteiger partial charge in [0.05, 0.1) is 25.9 Å². The van der Waals surface area contributed by atoms with E-state index < -0.39 is 14.4 Å². The van der Waals surface area contributed by atoms with Gasteiger partial charge in [0, 0.05) is 0 Å². The standard InChI is InChI=1S/C31H42O5Si/c1-31(2,3)37(4,5)36-29-19-12-18-27(34-23-26-16-10-7-11-17-26)30(35-28(29)20-13-21-32)24-33-22-25-14-8-6-9-15-25/h6-18,20-21,27-30H,19,22-24H2,1-5H3/b18-12-,20-13-/t27-,28-,29+,30+/m0/s1. The van der Waals surface area contributed by atoms with Crippen molar-refractivity contribution in [3.63, 3.8) is 0 Å². The van der Waals surface area contributed by atoms with Crippen LogP contribution in [0.1, 0.15) is 38.3 Å². The lowest BCUT2D eigenvalue weighted by molar-refractivity contribution is -0.132. The van der Waals surface area contributed by atoms with Gasteiger partial charge in [0.1, 0.15) is 24.6 Å². The zero-order chi connectivity index (χ0) is 26.7. The van der Waals surface area contributed by atoms with Crippen molar-refractivity contribution in [3.8, 4) is 0 Å². The molecule has 0 amide bonds. The van der Waals surface area contributed by atoms with E-state index in [2.05, 4.69) is 46.0 Å². The van der Waals surface area contributed by atoms with Gasteiger partial charge in [0.25, 0.3) is 0 Å². The topological polar surface area (TPSA) is 54.0 Å². The highest BCUT2D eigenvalue weighted by atomic mass is 28.4. The third kappa shape index (κ3) is 9.16. The molecule has 3 rings (SSSR count). The van der Waals surface area contributed by atoms with Crippen molar-refractivity contribution in [3.05, 3.63) is 96.1 Å². The van der Waals surface area contributed by atoms with Gasteiger partial charge in [-0.15, -0.1) is 0 Å². The molecule has 200 valence electrons. The van der Waals surface area contributed by atoms with E-state index in [-0.39, 0.29) is 23.4 Å². The number of benzene rings is 2. The van der Waals surface area contributed by atoms with Crippen LogP contribution in [0.25, 0.3) is 0 Å². The van der Waals surface area contributed by atoms with Gasteiger partial charge in [-0.25, -0.2) is 0 Å². The number of hydrogen-bond acceptors (Lipinski definition) is 5. The molecule has 5 nitrogen and oxygen atoms in total. The molecular weight excluding hydrogens is 480 g/mol. The summed E-state index contributed by atoms with van der Waals surface area (Å²) in [5.74, 6) is 0. The Labute approximate surface area is 223 Å². The zero-order valence-corrected chi connectivity index (χ0v) is 23.8. The molecule has 0 radical (unpaired) electrons. The van der Waals surface area contributed by atoms with E-state index in [4.69, 9.17) is 18.6 Å². The summed E-state index contributed by atoms with van der Waals surface area (Å²) < 4.78 is 25.9. The molecule has 37 heavy (non-hydrogen) atoms. The summed E-state index contributed by atoms with van der Waals surface area (Å²) in [7, 11) is -2.08. The van der Waals surface area contributed by atoms with E-state index in [1.807, 2.05) is 66.7 Å². The molecule has 0 spiro atoms. The van der Waals surface area contributed by atoms with Crippen LogP contribution >= 0.6 is 0 Å². The van der Waals surface area contributed by atoms with Crippen molar-refractivity contribution in [2.24, 2.45) is 0 Å². The fourth-order valence-electron chi connectivity index (χ4n) is 3.90. The SMILES string of the molecule is CC(C)(C)[Si](C)(C)O[C@@H]1C/C=C\[C@H](OCc2ccccc2)[C@@H](COCc2ccccc2)O[C@H]1/C=C\C=O. The van der Waals surface area contributed by atoms with Crippen molar-refractivity contribution in [2.75, 3.05) is 6.61 Å². The van der Waals surface area contributed by atoms with Crippen molar-refractivity contribution in [1.82, 2.24) is 0 Å². The molecule has 6 heteroatoms. The molecule has 0 saturated heterocycles. The van der Waals surface area contributed by atoms with Gasteiger partial charge in [-0.1, -0.05) is 99.7 Å². The van der Waals surface area contributed by atoms with Crippen LogP contribution in [0, 0.1) is 0 Å². The molecule has 0 fully saturated rings. The molecule has 4 atom stereocenters. The molecule has 1 heterocycles. The van der Waals surface area contributed by atoms with E-state index >= 15 is 0 Å². The summed E-state index contributed by atoms with van der Waals surface area (Å²) in [5, 5.41) is 0.0531. The highest BCUT2D eigenvalue weighted by Gasteiger charge is 2.41. The minimum atomic E-state index is -2.08. The van der Waals surface area contributed by atoms with Gasteiger partial charge in [-0.05, 0) is 41.8 Å². The molecule has 0 bridgehead atoms. The van der Waals surface area contributed by atoms with E-state index in [0.717, 1.165) is 17.4 Å². The summed E-state index contributed by atoms with van der Waals surface area (Å²) in [6, 6.07) is 20.2. The molecule has 0 N–H and O–H groups in total. The highest BCUT2D eigenvalue weighted by Crippen LogP contribution is 2.38. The summed E-state index contributed by atoms with van der Waals surface area (Å²) >= 11 is 0. The van der Waals surface area contributed by atoms with Crippen molar-refractivity contribution in [2.45, 2.75) is 83.0 Å². The van der Waals surface area contributed by atoms with Crippen LogP contribution in [0.5, 0.6) is 0 Å². The Morgan fingerprint density at radius 2 is 1.59 bits per heavy atom. The Bertz CT molecular complexity index is 997. The van der Waals surface area contributed by atoms with E-state index in [9.17, 15) is 4.79 Å². The first kappa shape index (κ1) is 29.2. The van der Waals surface area contributed by atoms with E-state index in [0.29, 0.717) is 26.2 Å². The van der Waals surface area contributed by atoms with Crippen molar-refractivity contribution < 1.29 is 23.4 Å². The summed E-state index contributed by atoms with van der Waals surface area (Å²) in [5.41, 5.74) is 2.20. The molecular formula is C31H42O5Si. The maximum atomic E-state index is 11.2. The Morgan fingerprint density at radius 3 is 2.19 bits per heavy atom. The average Bonchev–Trinajstić information content (AvgIpc) is 2.86. The predicted molar refractivity (Wildman–Crippen MR) is 151 cm³/mol. The normalized spacial score (nSPS) is 23.9. The van der Waals surface area contributed by atoms with Crippen LogP contribution in [0.15, 0.2) is 85.0 Å². The lowest BCUT2D eigenvalue weighted by atomic mass is 10.0. The van der Waals surface area contributed by atoms with Gasteiger partial charge in [0.2, 0.25) is 0 Å². The van der Waals surface area contributed by atoms with Crippen LogP contribution in [0.4, 0.5) is 0 Å². The minimum absolute atomic E-state index is 0.0531. The summed E-state index contributed by atoms with van der Waals surface area (Å²) in [6.45, 7) is 12.4. The van der Waals surface area contributed by atoms with Gasteiger partial charge >= 0.3 is 0 Å². The maximum Gasteiger partial charge on any atom is 0.192 e. The quantitative estimate of drug-likeness (QED) is 0.143. The van der Waals surface area contributed by atoms with E-state index in [1.165, 1.54) is 6.08 Å². The first-order valence-electron chi connectivity index (χ1n) is 13.1. The Morgan fingerprint density at radius 1 is 0.973 bits per heavy atom. The molecule has 0 saturated carbocycles. The maximum absolute atomic E-state index is 11.2. The van der Waals surface area contributed by atoms with Crippen molar-refractivity contribution in [1.29, 1.82) is 0 Å². The molecule has 1 aliphatic rings. The fraction of sp³-hybridized carbons (Fsp3) is 0.452. The van der Waals surface area contributed by atoms with Gasteiger partial charge < -0.3 is 18.6 Å². The number of rotatable bonds is 11. The molecule has 2 aromatic rings. The highest BCUT2D eigenvalue weighted by molar-refractivity contribution is 6.74. The first-order valence-corrected chi connectivity index (χ1v) is 16.0. The molecule has 0 aliphatic carbocycles. The first-order chi connectivity index (χ1) is 17.7. The Kier molecular flexibility index (Phi) is 11.0. The second-order valence-electron chi connectivity index (χ2n) is 11.0. The van der Waals surface area contributed by atoms with Gasteiger partial charge in [-0.2, -0.15) is 0 Å². The number of carbonyl (C=O) groups excluding carboxylic acids is 1. The third-order valence-electron chi connectivity index (χ3n) is 7.07. The molecule has 1 aliphatic heterocycles. The number of aldehydes is 1. The lowest BCUT2D eigenvalue weighted by Crippen LogP contribution is -2.49. The van der Waals surface area contributed by atoms with Crippen LogP contribution < -0.4 is 0 Å². The molecule has 2 aromatic carbocycles. The number of carbonyl (C=O) groups is 1. The fourth-order valence-corrected chi connectivity index (χ4v) is 5.24. The smallest absolute Gasteiger partial charge is 0.192 e. The number of allylic oxidation sites excluding steroid dienone is 1. The summed E-state index contributed by atoms with van der Waals surface area (Å²) in [4.78, 5) is 11.2. The zero-order valence-electron chi connectivity index (χ0n) is 22.8. The second kappa shape index (κ2) is 14.0. The Hall–Kier alpha value is -2.35. The number of ether oxygens (including phenoxy) is 3. The average molecular weight is 523 g/mol. The van der Waals surface area contributed by atoms with Crippen LogP contribution in [-0.4, -0.2) is 45.6 Å². The monoisotopic (exact) mass is 522 g/mol. The van der Waals surface area contributed by atoms with Crippen LogP contribution in [0.2, 0.25) is 18.1 Å². The number of hydrogen-bond donors (Lipinski definition) is 0. The van der Waals surface area contributed by atoms with Gasteiger partial charge in [0.15, 0.2) is 8.32 Å². The van der Waals surface area contributed by atoms with Crippen molar-refractivity contribution >= 4 is 14.6 Å². The molecule has 0 aromatic heterocycles. The van der Waals surface area contributed by atoms with Crippen LogP contribution in [0.3, 0.4) is 0 Å². The van der Waals surface area contributed by atoms with Gasteiger partial charge in [-0.3, -0.25) is 4.79 Å². The van der Waals surface area contributed by atoms with E-state index in [1.54, 1.807) is 0 Å². The Balaban J connectivity index is 1.82. The largest absolute Gasteiger partial charge is 0.411 e.